The van der Waals surface area contributed by atoms with Crippen molar-refractivity contribution in [3.63, 3.8) is 0 Å². The maximum absolute atomic E-state index is 13.0. The van der Waals surface area contributed by atoms with Crippen molar-refractivity contribution in [2.24, 2.45) is 0 Å². The van der Waals surface area contributed by atoms with E-state index in [9.17, 15) is 14.0 Å². The minimum absolute atomic E-state index is 0.234. The molecule has 1 aliphatic rings. The van der Waals surface area contributed by atoms with Crippen LogP contribution in [0, 0.1) is 5.82 Å². The summed E-state index contributed by atoms with van der Waals surface area (Å²) in [5.41, 5.74) is 1.41. The van der Waals surface area contributed by atoms with Gasteiger partial charge in [0, 0.05) is 37.1 Å². The third-order valence-corrected chi connectivity index (χ3v) is 5.91. The number of carbonyl (C=O) groups is 2. The first-order chi connectivity index (χ1) is 18.5. The van der Waals surface area contributed by atoms with Gasteiger partial charge in [-0.25, -0.2) is 9.18 Å². The van der Waals surface area contributed by atoms with Crippen molar-refractivity contribution < 1.29 is 28.2 Å². The van der Waals surface area contributed by atoms with Gasteiger partial charge in [0.15, 0.2) is 0 Å². The average Bonchev–Trinajstić information content (AvgIpc) is 2.93. The first-order valence-corrected chi connectivity index (χ1v) is 12.4. The molecule has 200 valence electrons. The molecule has 1 saturated heterocycles. The van der Waals surface area contributed by atoms with E-state index in [1.165, 1.54) is 31.4 Å². The second-order valence-electron chi connectivity index (χ2n) is 8.64. The molecular weight excluding hydrogens is 491 g/mol. The van der Waals surface area contributed by atoms with Crippen LogP contribution in [0.25, 0.3) is 0 Å². The molecular formula is C28H31FN4O5. The number of carbonyl (C=O) groups excluding carboxylic acids is 2. The van der Waals surface area contributed by atoms with Crippen molar-refractivity contribution in [3.8, 4) is 17.2 Å². The summed E-state index contributed by atoms with van der Waals surface area (Å²) in [5, 5.41) is 8.40. The molecule has 0 aliphatic carbocycles. The van der Waals surface area contributed by atoms with Crippen LogP contribution >= 0.6 is 0 Å². The van der Waals surface area contributed by atoms with Gasteiger partial charge in [0.1, 0.15) is 23.1 Å². The number of hydrogen-bond acceptors (Lipinski definition) is 6. The Hall–Kier alpha value is -4.15. The van der Waals surface area contributed by atoms with Gasteiger partial charge < -0.3 is 30.2 Å². The number of amides is 3. The first kappa shape index (κ1) is 26.9. The average molecular weight is 523 g/mol. The smallest absolute Gasteiger partial charge is 0.323 e. The summed E-state index contributed by atoms with van der Waals surface area (Å²) < 4.78 is 29.4. The van der Waals surface area contributed by atoms with Gasteiger partial charge in [0.2, 0.25) is 0 Å². The van der Waals surface area contributed by atoms with Crippen LogP contribution < -0.4 is 25.4 Å². The molecule has 3 N–H and O–H groups in total. The predicted octanol–water partition coefficient (Wildman–Crippen LogP) is 4.72. The second kappa shape index (κ2) is 13.4. The topological polar surface area (TPSA) is 101 Å². The molecule has 0 radical (unpaired) electrons. The molecule has 4 rings (SSSR count). The third-order valence-electron chi connectivity index (χ3n) is 5.91. The highest BCUT2D eigenvalue weighted by molar-refractivity contribution is 6.01. The van der Waals surface area contributed by atoms with Crippen molar-refractivity contribution in [2.75, 3.05) is 57.1 Å². The van der Waals surface area contributed by atoms with Gasteiger partial charge in [-0.3, -0.25) is 9.69 Å². The van der Waals surface area contributed by atoms with Crippen LogP contribution in [0.3, 0.4) is 0 Å². The fourth-order valence-electron chi connectivity index (χ4n) is 3.92. The highest BCUT2D eigenvalue weighted by atomic mass is 19.1. The Morgan fingerprint density at radius 2 is 1.55 bits per heavy atom. The minimum atomic E-state index is -0.459. The molecule has 10 heteroatoms. The predicted molar refractivity (Wildman–Crippen MR) is 143 cm³/mol. The number of morpholine rings is 1. The van der Waals surface area contributed by atoms with E-state index in [0.29, 0.717) is 40.7 Å². The summed E-state index contributed by atoms with van der Waals surface area (Å²) in [6, 6.07) is 16.9. The molecule has 3 aromatic rings. The second-order valence-corrected chi connectivity index (χ2v) is 8.64. The molecule has 0 saturated carbocycles. The van der Waals surface area contributed by atoms with E-state index < -0.39 is 6.03 Å². The van der Waals surface area contributed by atoms with Gasteiger partial charge >= 0.3 is 6.03 Å². The van der Waals surface area contributed by atoms with Crippen molar-refractivity contribution >= 4 is 23.3 Å². The van der Waals surface area contributed by atoms with Crippen LogP contribution in [0.15, 0.2) is 66.7 Å². The maximum atomic E-state index is 13.0. The SMILES string of the molecule is COc1cc(NC(=O)Nc2ccc(Oc3ccc(F)cc3)cc2)ccc1C(=O)NCCCN1CCOCC1. The molecule has 1 fully saturated rings. The normalized spacial score (nSPS) is 13.4. The largest absolute Gasteiger partial charge is 0.496 e. The lowest BCUT2D eigenvalue weighted by atomic mass is 10.1. The highest BCUT2D eigenvalue weighted by Crippen LogP contribution is 2.25. The molecule has 1 heterocycles. The van der Waals surface area contributed by atoms with Crippen molar-refractivity contribution in [3.05, 3.63) is 78.1 Å². The fourth-order valence-corrected chi connectivity index (χ4v) is 3.92. The minimum Gasteiger partial charge on any atom is -0.496 e. The Morgan fingerprint density at radius 3 is 2.24 bits per heavy atom. The van der Waals surface area contributed by atoms with E-state index in [4.69, 9.17) is 14.2 Å². The lowest BCUT2D eigenvalue weighted by Crippen LogP contribution is -2.38. The van der Waals surface area contributed by atoms with E-state index in [-0.39, 0.29) is 11.7 Å². The maximum Gasteiger partial charge on any atom is 0.323 e. The Kier molecular flexibility index (Phi) is 9.49. The molecule has 0 spiro atoms. The standard InChI is InChI=1S/C28H31FN4O5/c1-36-26-19-22(7-12-25(26)27(34)30-13-2-14-33-15-17-37-18-16-33)32-28(35)31-21-5-10-24(11-6-21)38-23-8-3-20(29)4-9-23/h3-12,19H,2,13-18H2,1H3,(H,30,34)(H2,31,32,35). The van der Waals surface area contributed by atoms with Gasteiger partial charge in [-0.1, -0.05) is 0 Å². The van der Waals surface area contributed by atoms with Crippen molar-refractivity contribution in [1.82, 2.24) is 10.2 Å². The zero-order valence-corrected chi connectivity index (χ0v) is 21.2. The summed E-state index contributed by atoms with van der Waals surface area (Å²) in [6.07, 6.45) is 0.840. The molecule has 0 aromatic heterocycles. The van der Waals surface area contributed by atoms with E-state index >= 15 is 0 Å². The number of anilines is 2. The number of nitrogens with zero attached hydrogens (tertiary/aromatic N) is 1. The van der Waals surface area contributed by atoms with Crippen LogP contribution in [0.1, 0.15) is 16.8 Å². The molecule has 0 atom stereocenters. The number of nitrogens with one attached hydrogen (secondary N) is 3. The Balaban J connectivity index is 1.25. The zero-order chi connectivity index (χ0) is 26.7. The number of methoxy groups -OCH3 is 1. The third kappa shape index (κ3) is 7.92. The number of hydrogen-bond donors (Lipinski definition) is 3. The number of rotatable bonds is 10. The van der Waals surface area contributed by atoms with Crippen LogP contribution in [0.5, 0.6) is 17.2 Å². The molecule has 38 heavy (non-hydrogen) atoms. The van der Waals surface area contributed by atoms with Gasteiger partial charge in [0.05, 0.1) is 25.9 Å². The van der Waals surface area contributed by atoms with E-state index in [2.05, 4.69) is 20.9 Å². The molecule has 3 amide bonds. The molecule has 3 aromatic carbocycles. The number of benzene rings is 3. The Morgan fingerprint density at radius 1 is 0.921 bits per heavy atom. The van der Waals surface area contributed by atoms with Gasteiger partial charge in [-0.2, -0.15) is 0 Å². The summed E-state index contributed by atoms with van der Waals surface area (Å²) in [6.45, 7) is 4.80. The number of halogens is 1. The summed E-state index contributed by atoms with van der Waals surface area (Å²) in [5.74, 6) is 0.832. The molecule has 0 unspecified atom stereocenters. The fraction of sp³-hybridized carbons (Fsp3) is 0.286. The molecule has 9 nitrogen and oxygen atoms in total. The molecule has 0 bridgehead atoms. The number of urea groups is 1. The Bertz CT molecular complexity index is 1210. The van der Waals surface area contributed by atoms with Crippen molar-refractivity contribution in [1.29, 1.82) is 0 Å². The first-order valence-electron chi connectivity index (χ1n) is 12.4. The highest BCUT2D eigenvalue weighted by Gasteiger charge is 2.15. The van der Waals surface area contributed by atoms with Gasteiger partial charge in [-0.15, -0.1) is 0 Å². The van der Waals surface area contributed by atoms with Crippen LogP contribution in [0.2, 0.25) is 0 Å². The summed E-state index contributed by atoms with van der Waals surface area (Å²) in [4.78, 5) is 27.5. The zero-order valence-electron chi connectivity index (χ0n) is 21.2. The van der Waals surface area contributed by atoms with Crippen molar-refractivity contribution in [2.45, 2.75) is 6.42 Å². The van der Waals surface area contributed by atoms with E-state index in [1.54, 1.807) is 42.5 Å². The monoisotopic (exact) mass is 522 g/mol. The van der Waals surface area contributed by atoms with Crippen LogP contribution in [-0.2, 0) is 4.74 Å². The summed E-state index contributed by atoms with van der Waals surface area (Å²) in [7, 11) is 1.48. The quantitative estimate of drug-likeness (QED) is 0.333. The summed E-state index contributed by atoms with van der Waals surface area (Å²) >= 11 is 0. The van der Waals surface area contributed by atoms with Gasteiger partial charge in [0.25, 0.3) is 5.91 Å². The molecule has 1 aliphatic heterocycles. The van der Waals surface area contributed by atoms with Gasteiger partial charge in [-0.05, 0) is 73.6 Å². The van der Waals surface area contributed by atoms with E-state index in [0.717, 1.165) is 39.3 Å². The van der Waals surface area contributed by atoms with E-state index in [1.807, 2.05) is 0 Å². The lowest BCUT2D eigenvalue weighted by molar-refractivity contribution is 0.0374. The van der Waals surface area contributed by atoms with Crippen LogP contribution in [0.4, 0.5) is 20.6 Å². The Labute approximate surface area is 220 Å². The van der Waals surface area contributed by atoms with Crippen LogP contribution in [-0.4, -0.2) is 63.3 Å². The number of ether oxygens (including phenoxy) is 3. The lowest BCUT2D eigenvalue weighted by Gasteiger charge is -2.26.